The van der Waals surface area contributed by atoms with Crippen LogP contribution in [-0.4, -0.2) is 36.1 Å². The second-order valence-corrected chi connectivity index (χ2v) is 4.58. The lowest BCUT2D eigenvalue weighted by Crippen LogP contribution is -2.53. The van der Waals surface area contributed by atoms with Crippen molar-refractivity contribution < 1.29 is 14.7 Å². The van der Waals surface area contributed by atoms with E-state index in [1.54, 1.807) is 20.9 Å². The normalized spacial score (nSPS) is 14.9. The molecule has 5 heteroatoms. The SMILES string of the molecule is CNC(C(=O)NC(C(=O)O)C(C)C)C(C)C. The average molecular weight is 230 g/mol. The van der Waals surface area contributed by atoms with Gasteiger partial charge in [0.1, 0.15) is 6.04 Å². The van der Waals surface area contributed by atoms with Crippen molar-refractivity contribution in [2.24, 2.45) is 11.8 Å². The Kier molecular flexibility index (Phi) is 6.03. The zero-order valence-electron chi connectivity index (χ0n) is 10.6. The van der Waals surface area contributed by atoms with Gasteiger partial charge in [0.15, 0.2) is 0 Å². The third-order valence-corrected chi connectivity index (χ3v) is 2.49. The second-order valence-electron chi connectivity index (χ2n) is 4.58. The van der Waals surface area contributed by atoms with Crippen molar-refractivity contribution in [2.75, 3.05) is 7.05 Å². The summed E-state index contributed by atoms with van der Waals surface area (Å²) in [5.74, 6) is -1.28. The van der Waals surface area contributed by atoms with Gasteiger partial charge in [0.25, 0.3) is 0 Å². The van der Waals surface area contributed by atoms with Gasteiger partial charge in [0.2, 0.25) is 5.91 Å². The van der Waals surface area contributed by atoms with E-state index in [-0.39, 0.29) is 23.8 Å². The molecule has 5 nitrogen and oxygen atoms in total. The maximum atomic E-state index is 11.8. The molecular formula is C11H22N2O3. The third-order valence-electron chi connectivity index (χ3n) is 2.49. The molecule has 0 rings (SSSR count). The molecule has 0 aliphatic heterocycles. The minimum absolute atomic E-state index is 0.117. The van der Waals surface area contributed by atoms with Crippen LogP contribution >= 0.6 is 0 Å². The molecular weight excluding hydrogens is 208 g/mol. The van der Waals surface area contributed by atoms with E-state index in [4.69, 9.17) is 5.11 Å². The number of aliphatic carboxylic acids is 1. The predicted octanol–water partition coefficient (Wildman–Crippen LogP) is 0.456. The number of likely N-dealkylation sites (N-methyl/N-ethyl adjacent to an activating group) is 1. The summed E-state index contributed by atoms with van der Waals surface area (Å²) in [6, 6.07) is -1.19. The molecule has 0 heterocycles. The molecule has 2 unspecified atom stereocenters. The van der Waals surface area contributed by atoms with Gasteiger partial charge >= 0.3 is 5.97 Å². The van der Waals surface area contributed by atoms with Crippen molar-refractivity contribution in [3.63, 3.8) is 0 Å². The number of carbonyl (C=O) groups excluding carboxylic acids is 1. The molecule has 0 fully saturated rings. The Morgan fingerprint density at radius 3 is 1.69 bits per heavy atom. The lowest BCUT2D eigenvalue weighted by molar-refractivity contribution is -0.143. The molecule has 16 heavy (non-hydrogen) atoms. The van der Waals surface area contributed by atoms with Crippen LogP contribution in [0.4, 0.5) is 0 Å². The Hall–Kier alpha value is -1.10. The molecule has 0 aromatic rings. The Morgan fingerprint density at radius 2 is 1.44 bits per heavy atom. The number of carboxylic acid groups (broad SMARTS) is 1. The summed E-state index contributed by atoms with van der Waals surface area (Å²) in [6.07, 6.45) is 0. The first-order valence-corrected chi connectivity index (χ1v) is 5.51. The van der Waals surface area contributed by atoms with E-state index >= 15 is 0 Å². The molecule has 0 aromatic heterocycles. The zero-order valence-corrected chi connectivity index (χ0v) is 10.6. The van der Waals surface area contributed by atoms with Gasteiger partial charge in [-0.05, 0) is 18.9 Å². The molecule has 0 aliphatic carbocycles. The third kappa shape index (κ3) is 4.18. The molecule has 0 spiro atoms. The highest BCUT2D eigenvalue weighted by atomic mass is 16.4. The van der Waals surface area contributed by atoms with Crippen LogP contribution in [0.3, 0.4) is 0 Å². The number of hydrogen-bond donors (Lipinski definition) is 3. The number of carbonyl (C=O) groups is 2. The van der Waals surface area contributed by atoms with Crippen molar-refractivity contribution in [2.45, 2.75) is 39.8 Å². The van der Waals surface area contributed by atoms with Crippen molar-refractivity contribution in [1.82, 2.24) is 10.6 Å². The van der Waals surface area contributed by atoms with Crippen LogP contribution < -0.4 is 10.6 Å². The summed E-state index contributed by atoms with van der Waals surface area (Å²) >= 11 is 0. The average Bonchev–Trinajstić information content (AvgIpc) is 2.13. The van der Waals surface area contributed by atoms with Crippen molar-refractivity contribution in [3.05, 3.63) is 0 Å². The lowest BCUT2D eigenvalue weighted by atomic mass is 10.0. The van der Waals surface area contributed by atoms with Crippen molar-refractivity contribution in [3.8, 4) is 0 Å². The quantitative estimate of drug-likeness (QED) is 0.619. The van der Waals surface area contributed by atoms with Crippen molar-refractivity contribution >= 4 is 11.9 Å². The van der Waals surface area contributed by atoms with Gasteiger partial charge in [0.05, 0.1) is 6.04 Å². The maximum Gasteiger partial charge on any atom is 0.326 e. The molecule has 0 aromatic carbocycles. The van der Waals surface area contributed by atoms with E-state index in [2.05, 4.69) is 10.6 Å². The van der Waals surface area contributed by atoms with Crippen LogP contribution in [0.1, 0.15) is 27.7 Å². The molecule has 0 bridgehead atoms. The Morgan fingerprint density at radius 1 is 1.00 bits per heavy atom. The number of carboxylic acids is 1. The van der Waals surface area contributed by atoms with Gasteiger partial charge in [-0.3, -0.25) is 4.79 Å². The van der Waals surface area contributed by atoms with Crippen LogP contribution in [0.2, 0.25) is 0 Å². The van der Waals surface area contributed by atoms with Crippen LogP contribution in [0.5, 0.6) is 0 Å². The fourth-order valence-electron chi connectivity index (χ4n) is 1.52. The van der Waals surface area contributed by atoms with Gasteiger partial charge in [-0.25, -0.2) is 4.79 Å². The zero-order chi connectivity index (χ0) is 12.9. The fraction of sp³-hybridized carbons (Fsp3) is 0.818. The standard InChI is InChI=1S/C11H22N2O3/c1-6(2)8(12-5)10(14)13-9(7(3)4)11(15)16/h6-9,12H,1-5H3,(H,13,14)(H,15,16). The number of amides is 1. The van der Waals surface area contributed by atoms with Crippen molar-refractivity contribution in [1.29, 1.82) is 0 Å². The minimum atomic E-state index is -0.998. The van der Waals surface area contributed by atoms with Gasteiger partial charge in [-0.2, -0.15) is 0 Å². The van der Waals surface area contributed by atoms with Crippen LogP contribution in [0.25, 0.3) is 0 Å². The number of rotatable bonds is 6. The fourth-order valence-corrected chi connectivity index (χ4v) is 1.52. The predicted molar refractivity (Wildman–Crippen MR) is 62.1 cm³/mol. The van der Waals surface area contributed by atoms with E-state index < -0.39 is 12.0 Å². The molecule has 0 radical (unpaired) electrons. The van der Waals surface area contributed by atoms with Gasteiger partial charge in [-0.15, -0.1) is 0 Å². The van der Waals surface area contributed by atoms with E-state index in [0.29, 0.717) is 0 Å². The minimum Gasteiger partial charge on any atom is -0.480 e. The monoisotopic (exact) mass is 230 g/mol. The van der Waals surface area contributed by atoms with E-state index in [0.717, 1.165) is 0 Å². The second kappa shape index (κ2) is 6.48. The summed E-state index contributed by atoms with van der Waals surface area (Å²) < 4.78 is 0. The lowest BCUT2D eigenvalue weighted by Gasteiger charge is -2.24. The highest BCUT2D eigenvalue weighted by Gasteiger charge is 2.27. The molecule has 94 valence electrons. The van der Waals surface area contributed by atoms with Crippen LogP contribution in [0, 0.1) is 11.8 Å². The van der Waals surface area contributed by atoms with E-state index in [9.17, 15) is 9.59 Å². The van der Waals surface area contributed by atoms with Crippen LogP contribution in [0.15, 0.2) is 0 Å². The first kappa shape index (κ1) is 14.9. The molecule has 2 atom stereocenters. The first-order valence-electron chi connectivity index (χ1n) is 5.51. The molecule has 1 amide bonds. The maximum absolute atomic E-state index is 11.8. The van der Waals surface area contributed by atoms with E-state index in [1.165, 1.54) is 0 Å². The molecule has 3 N–H and O–H groups in total. The Balaban J connectivity index is 4.56. The largest absolute Gasteiger partial charge is 0.480 e. The highest BCUT2D eigenvalue weighted by molar-refractivity contribution is 5.87. The summed E-state index contributed by atoms with van der Waals surface area (Å²) in [4.78, 5) is 22.7. The van der Waals surface area contributed by atoms with E-state index in [1.807, 2.05) is 13.8 Å². The smallest absolute Gasteiger partial charge is 0.326 e. The summed E-state index contributed by atoms with van der Waals surface area (Å²) in [7, 11) is 1.69. The van der Waals surface area contributed by atoms with Gasteiger partial charge in [-0.1, -0.05) is 27.7 Å². The number of nitrogens with one attached hydrogen (secondary N) is 2. The highest BCUT2D eigenvalue weighted by Crippen LogP contribution is 2.05. The molecule has 0 aliphatic rings. The summed E-state index contributed by atoms with van der Waals surface area (Å²) in [5.41, 5.74) is 0. The topological polar surface area (TPSA) is 78.4 Å². The molecule has 0 saturated carbocycles. The van der Waals surface area contributed by atoms with Gasteiger partial charge in [0, 0.05) is 0 Å². The Bertz CT molecular complexity index is 252. The summed E-state index contributed by atoms with van der Waals surface area (Å²) in [6.45, 7) is 7.35. The molecule has 0 saturated heterocycles. The Labute approximate surface area is 96.6 Å². The van der Waals surface area contributed by atoms with Gasteiger partial charge < -0.3 is 15.7 Å². The first-order chi connectivity index (χ1) is 7.31. The summed E-state index contributed by atoms with van der Waals surface area (Å²) in [5, 5.41) is 14.4. The van der Waals surface area contributed by atoms with Crippen LogP contribution in [-0.2, 0) is 9.59 Å². The number of hydrogen-bond acceptors (Lipinski definition) is 3.